The lowest BCUT2D eigenvalue weighted by Crippen LogP contribution is -2.50. The first-order valence-electron chi connectivity index (χ1n) is 7.96. The van der Waals surface area contributed by atoms with Gasteiger partial charge < -0.3 is 10.5 Å². The Kier molecular flexibility index (Phi) is 4.86. The zero-order valence-corrected chi connectivity index (χ0v) is 14.2. The fraction of sp³-hybridized carbons (Fsp3) is 0.667. The van der Waals surface area contributed by atoms with Gasteiger partial charge in [0.15, 0.2) is 0 Å². The van der Waals surface area contributed by atoms with Crippen LogP contribution in [0, 0.1) is 0 Å². The number of pyridine rings is 1. The summed E-state index contributed by atoms with van der Waals surface area (Å²) in [4.78, 5) is 6.76. The summed E-state index contributed by atoms with van der Waals surface area (Å²) in [7, 11) is -3.07. The van der Waals surface area contributed by atoms with Crippen molar-refractivity contribution in [3.63, 3.8) is 0 Å². The third-order valence-corrected chi connectivity index (χ3v) is 5.93. The summed E-state index contributed by atoms with van der Waals surface area (Å²) in [5.74, 6) is 0.504. The number of aromatic nitrogens is 1. The van der Waals surface area contributed by atoms with Gasteiger partial charge in [0.2, 0.25) is 10.0 Å². The Morgan fingerprint density at radius 3 is 2.65 bits per heavy atom. The summed E-state index contributed by atoms with van der Waals surface area (Å²) in [6.45, 7) is 3.51. The SMILES string of the molecule is CS(=O)(=O)N1CCC(N2CCOC(c3cccc(N)n3)C2)CC1. The third-order valence-electron chi connectivity index (χ3n) is 4.63. The minimum Gasteiger partial charge on any atom is -0.384 e. The average Bonchev–Trinajstić information content (AvgIpc) is 2.54. The van der Waals surface area contributed by atoms with Crippen molar-refractivity contribution in [3.05, 3.63) is 23.9 Å². The minimum absolute atomic E-state index is 0.0693. The quantitative estimate of drug-likeness (QED) is 0.860. The van der Waals surface area contributed by atoms with Crippen LogP contribution < -0.4 is 5.73 Å². The van der Waals surface area contributed by atoms with E-state index in [1.54, 1.807) is 10.4 Å². The van der Waals surface area contributed by atoms with E-state index in [1.807, 2.05) is 12.1 Å². The molecule has 0 saturated carbocycles. The molecule has 0 aromatic carbocycles. The molecule has 1 unspecified atom stereocenters. The summed E-state index contributed by atoms with van der Waals surface area (Å²) < 4.78 is 30.6. The Hall–Kier alpha value is -1.22. The number of piperidine rings is 1. The fourth-order valence-corrected chi connectivity index (χ4v) is 4.24. The number of nitrogens with two attached hydrogens (primary N) is 1. The largest absolute Gasteiger partial charge is 0.384 e. The van der Waals surface area contributed by atoms with E-state index in [2.05, 4.69) is 9.88 Å². The maximum Gasteiger partial charge on any atom is 0.211 e. The lowest BCUT2D eigenvalue weighted by Gasteiger charge is -2.41. The summed E-state index contributed by atoms with van der Waals surface area (Å²) in [5, 5.41) is 0. The molecule has 7 nitrogen and oxygen atoms in total. The molecule has 0 aliphatic carbocycles. The monoisotopic (exact) mass is 340 g/mol. The predicted octanol–water partition coefficient (Wildman–Crippen LogP) is 0.461. The molecule has 2 saturated heterocycles. The lowest BCUT2D eigenvalue weighted by atomic mass is 10.0. The van der Waals surface area contributed by atoms with Crippen molar-refractivity contribution in [1.29, 1.82) is 0 Å². The van der Waals surface area contributed by atoms with E-state index in [-0.39, 0.29) is 6.10 Å². The molecule has 2 aliphatic rings. The maximum atomic E-state index is 11.6. The minimum atomic E-state index is -3.07. The number of nitrogens with zero attached hydrogens (tertiary/aromatic N) is 3. The molecule has 8 heteroatoms. The molecule has 0 amide bonds. The van der Waals surface area contributed by atoms with Crippen LogP contribution in [-0.4, -0.2) is 67.7 Å². The number of ether oxygens (including phenoxy) is 1. The highest BCUT2D eigenvalue weighted by atomic mass is 32.2. The Morgan fingerprint density at radius 1 is 1.26 bits per heavy atom. The Balaban J connectivity index is 1.61. The number of anilines is 1. The van der Waals surface area contributed by atoms with E-state index in [9.17, 15) is 8.42 Å². The van der Waals surface area contributed by atoms with E-state index in [0.717, 1.165) is 31.6 Å². The lowest BCUT2D eigenvalue weighted by molar-refractivity contribution is -0.0527. The molecule has 23 heavy (non-hydrogen) atoms. The van der Waals surface area contributed by atoms with E-state index >= 15 is 0 Å². The van der Waals surface area contributed by atoms with Crippen LogP contribution in [0.4, 0.5) is 5.82 Å². The Labute approximate surface area is 137 Å². The molecule has 1 aromatic heterocycles. The van der Waals surface area contributed by atoms with Crippen LogP contribution >= 0.6 is 0 Å². The van der Waals surface area contributed by atoms with Crippen molar-refractivity contribution in [1.82, 2.24) is 14.2 Å². The van der Waals surface area contributed by atoms with Gasteiger partial charge in [-0.05, 0) is 25.0 Å². The van der Waals surface area contributed by atoms with Crippen molar-refractivity contribution in [3.8, 4) is 0 Å². The molecule has 2 fully saturated rings. The second-order valence-corrected chi connectivity index (χ2v) is 8.22. The second-order valence-electron chi connectivity index (χ2n) is 6.23. The number of hydrogen-bond acceptors (Lipinski definition) is 6. The molecule has 3 rings (SSSR count). The first kappa shape index (κ1) is 16.6. The Morgan fingerprint density at radius 2 is 2.00 bits per heavy atom. The average molecular weight is 340 g/mol. The van der Waals surface area contributed by atoms with Crippen LogP contribution in [0.5, 0.6) is 0 Å². The molecular formula is C15H24N4O3S. The van der Waals surface area contributed by atoms with Gasteiger partial charge >= 0.3 is 0 Å². The fourth-order valence-electron chi connectivity index (χ4n) is 3.37. The Bertz CT molecular complexity index is 644. The molecular weight excluding hydrogens is 316 g/mol. The van der Waals surface area contributed by atoms with Gasteiger partial charge in [-0.2, -0.15) is 0 Å². The van der Waals surface area contributed by atoms with Gasteiger partial charge in [0.05, 0.1) is 18.6 Å². The van der Waals surface area contributed by atoms with Crippen molar-refractivity contribution in [2.24, 2.45) is 0 Å². The molecule has 2 N–H and O–H groups in total. The standard InChI is InChI=1S/C15H24N4O3S/c1-23(20,21)19-7-5-12(6-8-19)18-9-10-22-14(11-18)13-3-2-4-15(16)17-13/h2-4,12,14H,5-11H2,1H3,(H2,16,17). The van der Waals surface area contributed by atoms with Gasteiger partial charge in [-0.15, -0.1) is 0 Å². The van der Waals surface area contributed by atoms with Crippen LogP contribution in [0.3, 0.4) is 0 Å². The van der Waals surface area contributed by atoms with E-state index in [1.165, 1.54) is 6.26 Å². The highest BCUT2D eigenvalue weighted by Crippen LogP contribution is 2.26. The number of morpholine rings is 1. The first-order chi connectivity index (χ1) is 10.9. The molecule has 3 heterocycles. The molecule has 0 spiro atoms. The summed E-state index contributed by atoms with van der Waals surface area (Å²) in [6, 6.07) is 6.01. The predicted molar refractivity (Wildman–Crippen MR) is 88.4 cm³/mol. The van der Waals surface area contributed by atoms with Crippen LogP contribution in [-0.2, 0) is 14.8 Å². The van der Waals surface area contributed by atoms with Crippen molar-refractivity contribution in [2.75, 3.05) is 44.8 Å². The number of rotatable bonds is 3. The van der Waals surface area contributed by atoms with Gasteiger partial charge in [0.1, 0.15) is 11.9 Å². The van der Waals surface area contributed by atoms with Crippen molar-refractivity contribution in [2.45, 2.75) is 25.0 Å². The molecule has 0 bridgehead atoms. The van der Waals surface area contributed by atoms with E-state index < -0.39 is 10.0 Å². The van der Waals surface area contributed by atoms with Crippen molar-refractivity contribution >= 4 is 15.8 Å². The summed E-state index contributed by atoms with van der Waals surface area (Å²) >= 11 is 0. The molecule has 1 atom stereocenters. The van der Waals surface area contributed by atoms with E-state index in [0.29, 0.717) is 31.6 Å². The topological polar surface area (TPSA) is 88.8 Å². The van der Waals surface area contributed by atoms with Gasteiger partial charge in [0, 0.05) is 32.2 Å². The third kappa shape index (κ3) is 4.00. The molecule has 2 aliphatic heterocycles. The van der Waals surface area contributed by atoms with Gasteiger partial charge in [0.25, 0.3) is 0 Å². The normalized spacial score (nSPS) is 25.5. The number of sulfonamides is 1. The summed E-state index contributed by atoms with van der Waals surface area (Å²) in [6.07, 6.45) is 2.94. The van der Waals surface area contributed by atoms with Gasteiger partial charge in [-0.1, -0.05) is 6.07 Å². The molecule has 1 aromatic rings. The second kappa shape index (κ2) is 6.72. The highest BCUT2D eigenvalue weighted by Gasteiger charge is 2.32. The first-order valence-corrected chi connectivity index (χ1v) is 9.81. The van der Waals surface area contributed by atoms with E-state index in [4.69, 9.17) is 10.5 Å². The zero-order chi connectivity index (χ0) is 16.4. The van der Waals surface area contributed by atoms with Crippen LogP contribution in [0.25, 0.3) is 0 Å². The van der Waals surface area contributed by atoms with Crippen molar-refractivity contribution < 1.29 is 13.2 Å². The van der Waals surface area contributed by atoms with Gasteiger partial charge in [-0.25, -0.2) is 17.7 Å². The number of nitrogen functional groups attached to an aromatic ring is 1. The van der Waals surface area contributed by atoms with Gasteiger partial charge in [-0.3, -0.25) is 4.90 Å². The van der Waals surface area contributed by atoms with Crippen LogP contribution in [0.15, 0.2) is 18.2 Å². The maximum absolute atomic E-state index is 11.6. The van der Waals surface area contributed by atoms with Crippen LogP contribution in [0.1, 0.15) is 24.6 Å². The highest BCUT2D eigenvalue weighted by molar-refractivity contribution is 7.88. The van der Waals surface area contributed by atoms with Crippen LogP contribution in [0.2, 0.25) is 0 Å². The zero-order valence-electron chi connectivity index (χ0n) is 13.4. The number of hydrogen-bond donors (Lipinski definition) is 1. The summed E-state index contributed by atoms with van der Waals surface area (Å²) in [5.41, 5.74) is 6.62. The molecule has 128 valence electrons. The molecule has 0 radical (unpaired) electrons. The smallest absolute Gasteiger partial charge is 0.211 e.